The quantitative estimate of drug-likeness (QED) is 0.436. The van der Waals surface area contributed by atoms with Crippen LogP contribution in [0.2, 0.25) is 0 Å². The van der Waals surface area contributed by atoms with Gasteiger partial charge in [-0.3, -0.25) is 14.2 Å². The lowest BCUT2D eigenvalue weighted by molar-refractivity contribution is -0.116. The van der Waals surface area contributed by atoms with Gasteiger partial charge in [0.2, 0.25) is 17.6 Å². The highest BCUT2D eigenvalue weighted by Crippen LogP contribution is 2.17. The zero-order chi connectivity index (χ0) is 25.1. The van der Waals surface area contributed by atoms with Crippen molar-refractivity contribution in [2.45, 2.75) is 47.1 Å². The van der Waals surface area contributed by atoms with Gasteiger partial charge in [-0.2, -0.15) is 14.8 Å². The zero-order valence-corrected chi connectivity index (χ0v) is 20.0. The summed E-state index contributed by atoms with van der Waals surface area (Å²) in [5.41, 5.74) is 3.02. The van der Waals surface area contributed by atoms with Gasteiger partial charge in [-0.15, -0.1) is 0 Å². The third-order valence-corrected chi connectivity index (χ3v) is 5.57. The molecular formula is C25H26N6O4. The Morgan fingerprint density at radius 2 is 1.74 bits per heavy atom. The first-order valence-electron chi connectivity index (χ1n) is 11.3. The summed E-state index contributed by atoms with van der Waals surface area (Å²) in [5.74, 6) is -0.0470. The van der Waals surface area contributed by atoms with E-state index in [1.807, 2.05) is 51.1 Å². The van der Waals surface area contributed by atoms with Crippen LogP contribution >= 0.6 is 0 Å². The number of carbonyl (C=O) groups excluding carboxylic acids is 1. The predicted molar refractivity (Wildman–Crippen MR) is 131 cm³/mol. The minimum Gasteiger partial charge on any atom is -0.339 e. The molecule has 4 aromatic rings. The Kier molecular flexibility index (Phi) is 6.72. The second-order valence-electron chi connectivity index (χ2n) is 8.31. The van der Waals surface area contributed by atoms with Gasteiger partial charge < -0.3 is 9.84 Å². The van der Waals surface area contributed by atoms with Crippen molar-refractivity contribution in [3.63, 3.8) is 0 Å². The maximum Gasteiger partial charge on any atom is 0.352 e. The van der Waals surface area contributed by atoms with Crippen molar-refractivity contribution in [3.05, 3.63) is 85.9 Å². The minimum absolute atomic E-state index is 0.0389. The molecule has 2 aromatic heterocycles. The number of aryl methyl sites for hydroxylation is 4. The first kappa shape index (κ1) is 23.8. The highest BCUT2D eigenvalue weighted by Gasteiger charge is 2.20. The summed E-state index contributed by atoms with van der Waals surface area (Å²) in [6.45, 7) is 7.66. The van der Waals surface area contributed by atoms with E-state index in [1.165, 1.54) is 0 Å². The highest BCUT2D eigenvalue weighted by molar-refractivity contribution is 5.91. The minimum atomic E-state index is -0.610. The number of rotatable bonds is 7. The molecule has 0 saturated carbocycles. The molecule has 0 unspecified atom stereocenters. The number of nitrogens with one attached hydrogen (secondary N) is 1. The Hall–Kier alpha value is -4.34. The summed E-state index contributed by atoms with van der Waals surface area (Å²) < 4.78 is 7.48. The SMILES string of the molecule is CCn1c(=O)c(-c2noc(CCC(=O)Nc3cc(C)ccc3C)n2)nn(-c2ccc(C)cc2)c1=O. The van der Waals surface area contributed by atoms with Crippen LogP contribution < -0.4 is 16.6 Å². The number of nitrogens with zero attached hydrogens (tertiary/aromatic N) is 5. The molecule has 0 atom stereocenters. The number of hydrogen-bond acceptors (Lipinski definition) is 7. The molecule has 0 bridgehead atoms. The lowest BCUT2D eigenvalue weighted by atomic mass is 10.1. The van der Waals surface area contributed by atoms with Crippen molar-refractivity contribution in [3.8, 4) is 17.2 Å². The van der Waals surface area contributed by atoms with E-state index in [4.69, 9.17) is 4.52 Å². The van der Waals surface area contributed by atoms with E-state index in [-0.39, 0.29) is 42.7 Å². The van der Waals surface area contributed by atoms with E-state index in [1.54, 1.807) is 19.1 Å². The number of hydrogen-bond donors (Lipinski definition) is 1. The Bertz CT molecular complexity index is 1500. The molecule has 10 heteroatoms. The summed E-state index contributed by atoms with van der Waals surface area (Å²) >= 11 is 0. The van der Waals surface area contributed by atoms with Gasteiger partial charge in [0.1, 0.15) is 0 Å². The van der Waals surface area contributed by atoms with Crippen LogP contribution in [-0.2, 0) is 17.8 Å². The van der Waals surface area contributed by atoms with Crippen LogP contribution in [0, 0.1) is 20.8 Å². The van der Waals surface area contributed by atoms with E-state index < -0.39 is 11.2 Å². The summed E-state index contributed by atoms with van der Waals surface area (Å²) in [5, 5.41) is 11.0. The van der Waals surface area contributed by atoms with E-state index in [0.29, 0.717) is 5.69 Å². The van der Waals surface area contributed by atoms with Gasteiger partial charge in [0.25, 0.3) is 5.56 Å². The average Bonchev–Trinajstić information content (AvgIpc) is 3.30. The average molecular weight is 475 g/mol. The van der Waals surface area contributed by atoms with Crippen LogP contribution in [0.15, 0.2) is 56.6 Å². The maximum absolute atomic E-state index is 12.9. The summed E-state index contributed by atoms with van der Waals surface area (Å²) in [4.78, 5) is 42.4. The number of aromatic nitrogens is 5. The molecule has 0 aliphatic rings. The summed E-state index contributed by atoms with van der Waals surface area (Å²) in [6, 6.07) is 13.0. The molecule has 2 aromatic carbocycles. The molecule has 0 aliphatic heterocycles. The lowest BCUT2D eigenvalue weighted by Crippen LogP contribution is -2.41. The third-order valence-electron chi connectivity index (χ3n) is 5.57. The van der Waals surface area contributed by atoms with Crippen LogP contribution in [0.4, 0.5) is 5.69 Å². The Labute approximate surface area is 201 Å². The second-order valence-corrected chi connectivity index (χ2v) is 8.31. The van der Waals surface area contributed by atoms with Crippen molar-refractivity contribution >= 4 is 11.6 Å². The maximum atomic E-state index is 12.9. The standard InChI is InChI=1S/C25H26N6O4/c1-5-30-24(33)22(28-31(25(30)34)18-10-7-15(2)8-11-18)23-27-21(35-29-23)13-12-20(32)26-19-14-16(3)6-9-17(19)4/h6-11,14H,5,12-13H2,1-4H3,(H,26,32). The van der Waals surface area contributed by atoms with Gasteiger partial charge in [0, 0.05) is 25.1 Å². The van der Waals surface area contributed by atoms with Crippen LogP contribution in [0.5, 0.6) is 0 Å². The third kappa shape index (κ3) is 5.11. The number of benzene rings is 2. The summed E-state index contributed by atoms with van der Waals surface area (Å²) in [7, 11) is 0. The highest BCUT2D eigenvalue weighted by atomic mass is 16.5. The van der Waals surface area contributed by atoms with Gasteiger partial charge in [-0.05, 0) is 57.0 Å². The first-order valence-corrected chi connectivity index (χ1v) is 11.3. The molecule has 35 heavy (non-hydrogen) atoms. The number of amides is 1. The van der Waals surface area contributed by atoms with E-state index in [2.05, 4.69) is 20.6 Å². The Morgan fingerprint density at radius 3 is 2.46 bits per heavy atom. The molecule has 0 radical (unpaired) electrons. The fraction of sp³-hybridized carbons (Fsp3) is 0.280. The smallest absolute Gasteiger partial charge is 0.339 e. The first-order chi connectivity index (χ1) is 16.8. The number of anilines is 1. The van der Waals surface area contributed by atoms with Crippen molar-refractivity contribution in [1.82, 2.24) is 24.5 Å². The Morgan fingerprint density at radius 1 is 1.03 bits per heavy atom. The van der Waals surface area contributed by atoms with E-state index in [0.717, 1.165) is 31.6 Å². The Balaban J connectivity index is 1.57. The van der Waals surface area contributed by atoms with Crippen molar-refractivity contribution < 1.29 is 9.32 Å². The van der Waals surface area contributed by atoms with E-state index in [9.17, 15) is 14.4 Å². The summed E-state index contributed by atoms with van der Waals surface area (Å²) in [6.07, 6.45) is 0.299. The molecule has 0 saturated heterocycles. The van der Waals surface area contributed by atoms with Gasteiger partial charge >= 0.3 is 5.69 Å². The van der Waals surface area contributed by atoms with Gasteiger partial charge in [0.05, 0.1) is 5.69 Å². The molecule has 1 amide bonds. The molecule has 0 spiro atoms. The molecule has 10 nitrogen and oxygen atoms in total. The van der Waals surface area contributed by atoms with Crippen LogP contribution in [0.3, 0.4) is 0 Å². The molecule has 4 rings (SSSR count). The fourth-order valence-electron chi connectivity index (χ4n) is 3.54. The number of carbonyl (C=O) groups is 1. The lowest BCUT2D eigenvalue weighted by Gasteiger charge is -2.09. The zero-order valence-electron chi connectivity index (χ0n) is 20.0. The van der Waals surface area contributed by atoms with Crippen LogP contribution in [-0.4, -0.2) is 30.4 Å². The molecule has 0 aliphatic carbocycles. The second kappa shape index (κ2) is 9.88. The predicted octanol–water partition coefficient (Wildman–Crippen LogP) is 2.96. The van der Waals surface area contributed by atoms with Crippen molar-refractivity contribution in [2.75, 3.05) is 5.32 Å². The van der Waals surface area contributed by atoms with E-state index >= 15 is 0 Å². The monoisotopic (exact) mass is 474 g/mol. The topological polar surface area (TPSA) is 125 Å². The molecule has 2 heterocycles. The van der Waals surface area contributed by atoms with Gasteiger partial charge in [0.15, 0.2) is 5.69 Å². The fourth-order valence-corrected chi connectivity index (χ4v) is 3.54. The molecular weight excluding hydrogens is 448 g/mol. The normalized spacial score (nSPS) is 11.0. The van der Waals surface area contributed by atoms with Gasteiger partial charge in [-0.1, -0.05) is 35.0 Å². The molecule has 1 N–H and O–H groups in total. The van der Waals surface area contributed by atoms with Crippen molar-refractivity contribution in [2.24, 2.45) is 0 Å². The largest absolute Gasteiger partial charge is 0.352 e. The molecule has 0 fully saturated rings. The van der Waals surface area contributed by atoms with Crippen LogP contribution in [0.1, 0.15) is 35.9 Å². The molecule has 180 valence electrons. The van der Waals surface area contributed by atoms with Crippen LogP contribution in [0.25, 0.3) is 17.2 Å². The van der Waals surface area contributed by atoms with Crippen molar-refractivity contribution in [1.29, 1.82) is 0 Å². The van der Waals surface area contributed by atoms with Gasteiger partial charge in [-0.25, -0.2) is 4.79 Å².